The number of nitrogens with two attached hydrogens (primary N) is 1. The van der Waals surface area contributed by atoms with Crippen LogP contribution in [-0.2, 0) is 6.42 Å². The molecule has 130 valence electrons. The number of ether oxygens (including phenoxy) is 2. The number of nitriles is 1. The summed E-state index contributed by atoms with van der Waals surface area (Å²) in [6.07, 6.45) is 2.82. The molecule has 1 aromatic carbocycles. The maximum Gasteiger partial charge on any atom is 0.244 e. The van der Waals surface area contributed by atoms with Crippen LogP contribution in [0.15, 0.2) is 29.7 Å². The minimum absolute atomic E-state index is 0.0346. The van der Waals surface area contributed by atoms with E-state index >= 15 is 0 Å². The molecule has 1 aromatic heterocycles. The summed E-state index contributed by atoms with van der Waals surface area (Å²) in [6, 6.07) is 7.15. The van der Waals surface area contributed by atoms with Crippen LogP contribution in [0.2, 0.25) is 0 Å². The fourth-order valence-electron chi connectivity index (χ4n) is 3.06. The molecule has 1 aliphatic rings. The van der Waals surface area contributed by atoms with Crippen LogP contribution in [0.1, 0.15) is 42.5 Å². The van der Waals surface area contributed by atoms with Crippen LogP contribution < -0.4 is 15.2 Å². The monoisotopic (exact) mass is 340 g/mol. The van der Waals surface area contributed by atoms with Gasteiger partial charge in [0, 0.05) is 11.3 Å². The van der Waals surface area contributed by atoms with E-state index in [1.165, 1.54) is 7.11 Å². The van der Waals surface area contributed by atoms with Gasteiger partial charge in [0.1, 0.15) is 11.6 Å². The van der Waals surface area contributed by atoms with E-state index in [0.29, 0.717) is 17.2 Å². The van der Waals surface area contributed by atoms with E-state index in [4.69, 9.17) is 15.2 Å². The summed E-state index contributed by atoms with van der Waals surface area (Å²) >= 11 is 0. The van der Waals surface area contributed by atoms with Crippen molar-refractivity contribution in [1.29, 1.82) is 5.26 Å². The average Bonchev–Trinajstić information content (AvgIpc) is 3.01. The van der Waals surface area contributed by atoms with Crippen LogP contribution in [0.4, 0.5) is 0 Å². The van der Waals surface area contributed by atoms with Gasteiger partial charge in [0.15, 0.2) is 11.5 Å². The van der Waals surface area contributed by atoms with Crippen molar-refractivity contribution in [3.05, 3.63) is 46.5 Å². The fraction of sp³-hybridized carbons (Fsp3) is 0.333. The lowest BCUT2D eigenvalue weighted by atomic mass is 9.83. The van der Waals surface area contributed by atoms with Crippen molar-refractivity contribution in [2.45, 2.75) is 32.1 Å². The molecule has 1 atom stereocenters. The number of fused-ring (bicyclic) bond motifs is 1. The number of H-pyrrole nitrogens is 1. The van der Waals surface area contributed by atoms with Gasteiger partial charge in [-0.2, -0.15) is 5.26 Å². The standard InChI is InChI=1S/C18H20N4O3/c1-3-4-5-12-16-15(10-6-7-13(23)14(8-10)24-2)11(9-19)17(20)25-18(16)22-21-12/h6-8,15,23H,3-5,20H2,1-2H3,(H,21,22)/t15-/m0/s1. The summed E-state index contributed by atoms with van der Waals surface area (Å²) in [5, 5.41) is 26.7. The molecule has 7 heteroatoms. The molecule has 7 nitrogen and oxygen atoms in total. The van der Waals surface area contributed by atoms with Crippen molar-refractivity contribution in [3.63, 3.8) is 0 Å². The third-order valence-electron chi connectivity index (χ3n) is 4.34. The number of hydrogen-bond acceptors (Lipinski definition) is 6. The first kappa shape index (κ1) is 16.7. The molecule has 2 heterocycles. The molecule has 0 saturated carbocycles. The zero-order valence-electron chi connectivity index (χ0n) is 14.2. The second kappa shape index (κ2) is 6.77. The number of methoxy groups -OCH3 is 1. The molecule has 4 N–H and O–H groups in total. The Balaban J connectivity index is 2.16. The molecule has 0 fully saturated rings. The van der Waals surface area contributed by atoms with E-state index in [2.05, 4.69) is 23.2 Å². The highest BCUT2D eigenvalue weighted by molar-refractivity contribution is 5.57. The van der Waals surface area contributed by atoms with Crippen LogP contribution in [0, 0.1) is 11.3 Å². The van der Waals surface area contributed by atoms with Crippen molar-refractivity contribution >= 4 is 0 Å². The number of nitrogens with zero attached hydrogens (tertiary/aromatic N) is 2. The SMILES string of the molecule is CCCCc1[nH]nc2c1[C@@H](c1ccc(O)c(OC)c1)C(C#N)=C(N)O2. The van der Waals surface area contributed by atoms with Crippen molar-refractivity contribution in [1.82, 2.24) is 10.2 Å². The van der Waals surface area contributed by atoms with Gasteiger partial charge in [-0.05, 0) is 30.5 Å². The van der Waals surface area contributed by atoms with Crippen molar-refractivity contribution in [3.8, 4) is 23.4 Å². The number of hydrogen-bond donors (Lipinski definition) is 3. The average molecular weight is 340 g/mol. The first-order valence-electron chi connectivity index (χ1n) is 8.12. The molecule has 0 saturated heterocycles. The predicted molar refractivity (Wildman–Crippen MR) is 91.2 cm³/mol. The Morgan fingerprint density at radius 1 is 1.48 bits per heavy atom. The molecule has 0 radical (unpaired) electrons. The lowest BCUT2D eigenvalue weighted by Gasteiger charge is -2.24. The largest absolute Gasteiger partial charge is 0.504 e. The van der Waals surface area contributed by atoms with Gasteiger partial charge in [0.2, 0.25) is 11.8 Å². The minimum atomic E-state index is -0.422. The number of allylic oxidation sites excluding steroid dienone is 1. The molecule has 0 bridgehead atoms. The molecule has 0 aliphatic carbocycles. The molecule has 3 rings (SSSR count). The number of benzene rings is 1. The second-order valence-electron chi connectivity index (χ2n) is 5.88. The maximum atomic E-state index is 9.86. The Kier molecular flexibility index (Phi) is 4.52. The molecule has 2 aromatic rings. The third kappa shape index (κ3) is 2.87. The molecule has 0 amide bonds. The molecule has 25 heavy (non-hydrogen) atoms. The van der Waals surface area contributed by atoms with Crippen LogP contribution in [-0.4, -0.2) is 22.4 Å². The van der Waals surface area contributed by atoms with E-state index < -0.39 is 5.92 Å². The first-order valence-corrected chi connectivity index (χ1v) is 8.12. The number of unbranched alkanes of at least 4 members (excludes halogenated alkanes) is 1. The highest BCUT2D eigenvalue weighted by atomic mass is 16.5. The molecule has 1 aliphatic heterocycles. The van der Waals surface area contributed by atoms with Gasteiger partial charge in [0.05, 0.1) is 13.0 Å². The lowest BCUT2D eigenvalue weighted by Crippen LogP contribution is -2.21. The molecule has 0 unspecified atom stereocenters. The van der Waals surface area contributed by atoms with E-state index in [1.54, 1.807) is 18.2 Å². The van der Waals surface area contributed by atoms with Gasteiger partial charge in [-0.15, -0.1) is 5.10 Å². The Bertz CT molecular complexity index is 864. The van der Waals surface area contributed by atoms with E-state index in [9.17, 15) is 10.4 Å². The summed E-state index contributed by atoms with van der Waals surface area (Å²) in [7, 11) is 1.48. The normalized spacial score (nSPS) is 16.1. The molecule has 0 spiro atoms. The Morgan fingerprint density at radius 2 is 2.28 bits per heavy atom. The van der Waals surface area contributed by atoms with Crippen LogP contribution in [0.25, 0.3) is 0 Å². The van der Waals surface area contributed by atoms with Gasteiger partial charge >= 0.3 is 0 Å². The number of aryl methyl sites for hydroxylation is 1. The van der Waals surface area contributed by atoms with Gasteiger partial charge < -0.3 is 20.3 Å². The Labute approximate surface area is 145 Å². The summed E-state index contributed by atoms with van der Waals surface area (Å²) in [5.41, 5.74) is 8.77. The van der Waals surface area contributed by atoms with Crippen LogP contribution >= 0.6 is 0 Å². The highest BCUT2D eigenvalue weighted by Crippen LogP contribution is 2.44. The number of aromatic nitrogens is 2. The smallest absolute Gasteiger partial charge is 0.244 e. The number of aromatic hydroxyl groups is 1. The Morgan fingerprint density at radius 3 is 2.96 bits per heavy atom. The minimum Gasteiger partial charge on any atom is -0.504 e. The first-order chi connectivity index (χ1) is 12.1. The number of nitrogens with one attached hydrogen (secondary N) is 1. The Hall–Kier alpha value is -3.14. The van der Waals surface area contributed by atoms with E-state index in [-0.39, 0.29) is 11.6 Å². The topological polar surface area (TPSA) is 117 Å². The van der Waals surface area contributed by atoms with E-state index in [1.807, 2.05) is 0 Å². The summed E-state index contributed by atoms with van der Waals surface area (Å²) in [6.45, 7) is 2.11. The fourth-order valence-corrected chi connectivity index (χ4v) is 3.06. The van der Waals surface area contributed by atoms with Crippen LogP contribution in [0.3, 0.4) is 0 Å². The van der Waals surface area contributed by atoms with Gasteiger partial charge in [-0.1, -0.05) is 19.4 Å². The number of rotatable bonds is 5. The van der Waals surface area contributed by atoms with Gasteiger partial charge in [0.25, 0.3) is 0 Å². The molecular formula is C18H20N4O3. The number of aromatic amines is 1. The lowest BCUT2D eigenvalue weighted by molar-refractivity contribution is 0.370. The van der Waals surface area contributed by atoms with Gasteiger partial charge in [-0.3, -0.25) is 5.10 Å². The van der Waals surface area contributed by atoms with Gasteiger partial charge in [-0.25, -0.2) is 0 Å². The van der Waals surface area contributed by atoms with Crippen molar-refractivity contribution in [2.24, 2.45) is 5.73 Å². The predicted octanol–water partition coefficient (Wildman–Crippen LogP) is 2.68. The number of phenols is 1. The zero-order valence-corrected chi connectivity index (χ0v) is 14.2. The number of phenolic OH excluding ortho intramolecular Hbond substituents is 1. The van der Waals surface area contributed by atoms with E-state index in [0.717, 1.165) is 36.1 Å². The zero-order chi connectivity index (χ0) is 18.0. The van der Waals surface area contributed by atoms with Crippen molar-refractivity contribution in [2.75, 3.05) is 7.11 Å². The van der Waals surface area contributed by atoms with Crippen molar-refractivity contribution < 1.29 is 14.6 Å². The quantitative estimate of drug-likeness (QED) is 0.770. The maximum absolute atomic E-state index is 9.86. The third-order valence-corrected chi connectivity index (χ3v) is 4.34. The second-order valence-corrected chi connectivity index (χ2v) is 5.88. The van der Waals surface area contributed by atoms with Crippen LogP contribution in [0.5, 0.6) is 17.4 Å². The summed E-state index contributed by atoms with van der Waals surface area (Å²) < 4.78 is 10.7. The molecular weight excluding hydrogens is 320 g/mol. The summed E-state index contributed by atoms with van der Waals surface area (Å²) in [5.74, 6) is 0.376. The highest BCUT2D eigenvalue weighted by Gasteiger charge is 2.35. The summed E-state index contributed by atoms with van der Waals surface area (Å²) in [4.78, 5) is 0.